The van der Waals surface area contributed by atoms with Gasteiger partial charge in [0.05, 0.1) is 13.2 Å². The first-order valence-corrected chi connectivity index (χ1v) is 4.30. The fraction of sp³-hybridized carbons (Fsp3) is 0.875. The molecule has 1 saturated heterocycles. The van der Waals surface area contributed by atoms with E-state index in [0.717, 1.165) is 13.0 Å². The van der Waals surface area contributed by atoms with Crippen molar-refractivity contribution in [2.24, 2.45) is 5.92 Å². The second kappa shape index (κ2) is 4.30. The average Bonchev–Trinajstić information content (AvgIpc) is 2.09. The molecule has 4 nitrogen and oxygen atoms in total. The number of aliphatic hydroxyl groups excluding tert-OH is 1. The number of cyclic esters (lactones) is 1. The third-order valence-electron chi connectivity index (χ3n) is 1.93. The number of carbonyl (C=O) groups is 1. The standard InChI is InChI=1S/C8H15NO3/c1-2-3-9-4-7(5-10)6-12-8(9)11/h7,10H,2-6H2,1H3. The molecule has 0 aromatic heterocycles. The summed E-state index contributed by atoms with van der Waals surface area (Å²) in [5.41, 5.74) is 0. The molecule has 1 atom stereocenters. The van der Waals surface area contributed by atoms with E-state index in [1.54, 1.807) is 4.90 Å². The molecule has 1 aliphatic heterocycles. The molecule has 1 N–H and O–H groups in total. The van der Waals surface area contributed by atoms with Crippen molar-refractivity contribution < 1.29 is 14.6 Å². The van der Waals surface area contributed by atoms with Crippen molar-refractivity contribution in [1.82, 2.24) is 4.90 Å². The Hall–Kier alpha value is -0.770. The number of aliphatic hydroxyl groups is 1. The minimum atomic E-state index is -0.249. The number of nitrogens with zero attached hydrogens (tertiary/aromatic N) is 1. The van der Waals surface area contributed by atoms with Crippen LogP contribution in [0.4, 0.5) is 4.79 Å². The van der Waals surface area contributed by atoms with Crippen LogP contribution in [-0.2, 0) is 4.74 Å². The summed E-state index contributed by atoms with van der Waals surface area (Å²) in [5, 5.41) is 8.85. The van der Waals surface area contributed by atoms with E-state index < -0.39 is 0 Å². The third kappa shape index (κ3) is 2.11. The van der Waals surface area contributed by atoms with E-state index in [-0.39, 0.29) is 18.6 Å². The van der Waals surface area contributed by atoms with E-state index in [1.165, 1.54) is 0 Å². The van der Waals surface area contributed by atoms with Crippen LogP contribution in [0.3, 0.4) is 0 Å². The van der Waals surface area contributed by atoms with Crippen LogP contribution < -0.4 is 0 Å². The molecule has 0 bridgehead atoms. The van der Waals surface area contributed by atoms with Gasteiger partial charge in [-0.05, 0) is 6.42 Å². The number of rotatable bonds is 3. The van der Waals surface area contributed by atoms with Gasteiger partial charge in [-0.3, -0.25) is 0 Å². The molecule has 1 aliphatic rings. The van der Waals surface area contributed by atoms with E-state index in [9.17, 15) is 4.79 Å². The van der Waals surface area contributed by atoms with Crippen LogP contribution in [0.25, 0.3) is 0 Å². The first-order chi connectivity index (χ1) is 5.77. The summed E-state index contributed by atoms with van der Waals surface area (Å²) in [6.45, 7) is 3.80. The number of hydrogen-bond acceptors (Lipinski definition) is 3. The maximum atomic E-state index is 11.1. The number of ether oxygens (including phenoxy) is 1. The lowest BCUT2D eigenvalue weighted by molar-refractivity contribution is 0.0249. The summed E-state index contributed by atoms with van der Waals surface area (Å²) in [6.07, 6.45) is 0.675. The van der Waals surface area contributed by atoms with Gasteiger partial charge in [0.2, 0.25) is 0 Å². The van der Waals surface area contributed by atoms with Crippen molar-refractivity contribution in [2.45, 2.75) is 13.3 Å². The molecule has 1 heterocycles. The van der Waals surface area contributed by atoms with Crippen LogP contribution in [0.2, 0.25) is 0 Å². The lowest BCUT2D eigenvalue weighted by atomic mass is 10.1. The molecular weight excluding hydrogens is 158 g/mol. The Morgan fingerprint density at radius 1 is 1.75 bits per heavy atom. The fourth-order valence-electron chi connectivity index (χ4n) is 1.28. The summed E-state index contributed by atoms with van der Waals surface area (Å²) in [5.74, 6) is 0.0919. The fourth-order valence-corrected chi connectivity index (χ4v) is 1.28. The SMILES string of the molecule is CCCN1CC(CO)COC1=O. The second-order valence-corrected chi connectivity index (χ2v) is 3.07. The molecule has 1 unspecified atom stereocenters. The Balaban J connectivity index is 2.41. The predicted octanol–water partition coefficient (Wildman–Crippen LogP) is 0.457. The molecular formula is C8H15NO3. The van der Waals surface area contributed by atoms with E-state index in [1.807, 2.05) is 6.92 Å². The van der Waals surface area contributed by atoms with Gasteiger partial charge in [-0.1, -0.05) is 6.92 Å². The van der Waals surface area contributed by atoms with Crippen LogP contribution >= 0.6 is 0 Å². The molecule has 0 saturated carbocycles. The zero-order chi connectivity index (χ0) is 8.97. The molecule has 1 fully saturated rings. The van der Waals surface area contributed by atoms with Crippen molar-refractivity contribution in [3.05, 3.63) is 0 Å². The maximum absolute atomic E-state index is 11.1. The minimum absolute atomic E-state index is 0.0908. The summed E-state index contributed by atoms with van der Waals surface area (Å²) in [7, 11) is 0. The number of carbonyl (C=O) groups excluding carboxylic acids is 1. The van der Waals surface area contributed by atoms with E-state index in [2.05, 4.69) is 0 Å². The Bertz CT molecular complexity index is 160. The number of amides is 1. The van der Waals surface area contributed by atoms with Gasteiger partial charge in [0.15, 0.2) is 0 Å². The van der Waals surface area contributed by atoms with Gasteiger partial charge in [0, 0.05) is 19.0 Å². The maximum Gasteiger partial charge on any atom is 0.409 e. The highest BCUT2D eigenvalue weighted by Crippen LogP contribution is 2.10. The molecule has 1 rings (SSSR count). The van der Waals surface area contributed by atoms with Crippen molar-refractivity contribution in [3.63, 3.8) is 0 Å². The molecule has 0 spiro atoms. The third-order valence-corrected chi connectivity index (χ3v) is 1.93. The second-order valence-electron chi connectivity index (χ2n) is 3.07. The normalized spacial score (nSPS) is 24.0. The largest absolute Gasteiger partial charge is 0.449 e. The van der Waals surface area contributed by atoms with Crippen LogP contribution in [-0.4, -0.2) is 42.4 Å². The van der Waals surface area contributed by atoms with Gasteiger partial charge in [-0.25, -0.2) is 4.79 Å². The lowest BCUT2D eigenvalue weighted by Gasteiger charge is -2.30. The van der Waals surface area contributed by atoms with Gasteiger partial charge < -0.3 is 14.7 Å². The smallest absolute Gasteiger partial charge is 0.409 e. The van der Waals surface area contributed by atoms with Crippen molar-refractivity contribution in [3.8, 4) is 0 Å². The summed E-state index contributed by atoms with van der Waals surface area (Å²) < 4.78 is 4.87. The van der Waals surface area contributed by atoms with Gasteiger partial charge in [0.25, 0.3) is 0 Å². The van der Waals surface area contributed by atoms with Crippen LogP contribution in [0, 0.1) is 5.92 Å². The molecule has 12 heavy (non-hydrogen) atoms. The summed E-state index contributed by atoms with van der Waals surface area (Å²) in [6, 6.07) is 0. The zero-order valence-corrected chi connectivity index (χ0v) is 7.32. The van der Waals surface area contributed by atoms with Gasteiger partial charge in [-0.15, -0.1) is 0 Å². The average molecular weight is 173 g/mol. The Labute approximate surface area is 72.1 Å². The van der Waals surface area contributed by atoms with Crippen LogP contribution in [0.5, 0.6) is 0 Å². The quantitative estimate of drug-likeness (QED) is 0.674. The molecule has 70 valence electrons. The minimum Gasteiger partial charge on any atom is -0.449 e. The molecule has 0 aliphatic carbocycles. The Morgan fingerprint density at radius 3 is 3.08 bits per heavy atom. The lowest BCUT2D eigenvalue weighted by Crippen LogP contribution is -2.44. The highest BCUT2D eigenvalue weighted by molar-refractivity contribution is 5.68. The molecule has 4 heteroatoms. The first-order valence-electron chi connectivity index (χ1n) is 4.30. The first kappa shape index (κ1) is 9.32. The van der Waals surface area contributed by atoms with E-state index in [4.69, 9.17) is 9.84 Å². The molecule has 1 amide bonds. The molecule has 0 aromatic rings. The van der Waals surface area contributed by atoms with Crippen LogP contribution in [0.1, 0.15) is 13.3 Å². The van der Waals surface area contributed by atoms with Gasteiger partial charge in [-0.2, -0.15) is 0 Å². The van der Waals surface area contributed by atoms with Crippen molar-refractivity contribution in [2.75, 3.05) is 26.3 Å². The summed E-state index contributed by atoms with van der Waals surface area (Å²) in [4.78, 5) is 12.7. The van der Waals surface area contributed by atoms with Gasteiger partial charge >= 0.3 is 6.09 Å². The van der Waals surface area contributed by atoms with Crippen molar-refractivity contribution >= 4 is 6.09 Å². The highest BCUT2D eigenvalue weighted by atomic mass is 16.6. The summed E-state index contributed by atoms with van der Waals surface area (Å²) >= 11 is 0. The van der Waals surface area contributed by atoms with E-state index in [0.29, 0.717) is 13.2 Å². The Kier molecular flexibility index (Phi) is 3.34. The zero-order valence-electron chi connectivity index (χ0n) is 7.32. The van der Waals surface area contributed by atoms with Crippen molar-refractivity contribution in [1.29, 1.82) is 0 Å². The molecule has 0 aromatic carbocycles. The number of hydrogen-bond donors (Lipinski definition) is 1. The molecule has 0 radical (unpaired) electrons. The monoisotopic (exact) mass is 173 g/mol. The highest BCUT2D eigenvalue weighted by Gasteiger charge is 2.25. The van der Waals surface area contributed by atoms with Crippen LogP contribution in [0.15, 0.2) is 0 Å². The van der Waals surface area contributed by atoms with E-state index >= 15 is 0 Å². The predicted molar refractivity (Wildman–Crippen MR) is 43.8 cm³/mol. The Morgan fingerprint density at radius 2 is 2.50 bits per heavy atom. The topological polar surface area (TPSA) is 49.8 Å². The van der Waals surface area contributed by atoms with Gasteiger partial charge in [0.1, 0.15) is 0 Å².